The molecule has 0 aliphatic heterocycles. The first-order valence-corrected chi connectivity index (χ1v) is 10.7. The van der Waals surface area contributed by atoms with Gasteiger partial charge in [0.1, 0.15) is 0 Å². The highest BCUT2D eigenvalue weighted by atomic mass is 32.2. The van der Waals surface area contributed by atoms with Crippen LogP contribution in [0.2, 0.25) is 0 Å². The van der Waals surface area contributed by atoms with E-state index in [2.05, 4.69) is 5.32 Å². The third kappa shape index (κ3) is 5.19. The van der Waals surface area contributed by atoms with Crippen LogP contribution in [-0.2, 0) is 27.9 Å². The average Bonchev–Trinajstić information content (AvgIpc) is 2.67. The quantitative estimate of drug-likeness (QED) is 0.697. The van der Waals surface area contributed by atoms with Crippen LogP contribution in [0.25, 0.3) is 0 Å². The zero-order chi connectivity index (χ0) is 20.7. The van der Waals surface area contributed by atoms with E-state index in [1.807, 2.05) is 24.3 Å². The van der Waals surface area contributed by atoms with Crippen LogP contribution >= 0.6 is 0 Å². The van der Waals surface area contributed by atoms with Gasteiger partial charge in [-0.1, -0.05) is 44.2 Å². The topological polar surface area (TPSA) is 75.7 Å². The Labute approximate surface area is 167 Å². The SMILES string of the molecule is CCN(CC)S(=O)(=O)c1ccc(C)c(C(=O)NCc2cccc(COC)c2)c1. The smallest absolute Gasteiger partial charge is 0.251 e. The minimum atomic E-state index is -3.61. The van der Waals surface area contributed by atoms with Gasteiger partial charge < -0.3 is 10.1 Å². The van der Waals surface area contributed by atoms with E-state index in [1.165, 1.54) is 10.4 Å². The Morgan fingerprint density at radius 3 is 2.39 bits per heavy atom. The zero-order valence-corrected chi connectivity index (χ0v) is 17.7. The summed E-state index contributed by atoms with van der Waals surface area (Å²) in [6, 6.07) is 12.4. The van der Waals surface area contributed by atoms with Crippen molar-refractivity contribution in [2.24, 2.45) is 0 Å². The maximum atomic E-state index is 12.7. The van der Waals surface area contributed by atoms with Crippen molar-refractivity contribution in [1.82, 2.24) is 9.62 Å². The number of nitrogens with one attached hydrogen (secondary N) is 1. The third-order valence-corrected chi connectivity index (χ3v) is 6.60. The van der Waals surface area contributed by atoms with Gasteiger partial charge in [-0.25, -0.2) is 8.42 Å². The van der Waals surface area contributed by atoms with Gasteiger partial charge in [0, 0.05) is 32.3 Å². The van der Waals surface area contributed by atoms with Crippen LogP contribution in [0.3, 0.4) is 0 Å². The molecule has 0 saturated carbocycles. The number of hydrogen-bond acceptors (Lipinski definition) is 4. The van der Waals surface area contributed by atoms with Crippen molar-refractivity contribution in [3.8, 4) is 0 Å². The van der Waals surface area contributed by atoms with Crippen molar-refractivity contribution in [2.45, 2.75) is 38.8 Å². The summed E-state index contributed by atoms with van der Waals surface area (Å²) < 4.78 is 32.0. The second-order valence-electron chi connectivity index (χ2n) is 6.50. The molecule has 1 N–H and O–H groups in total. The molecule has 2 rings (SSSR count). The van der Waals surface area contributed by atoms with E-state index in [9.17, 15) is 13.2 Å². The molecule has 0 saturated heterocycles. The fourth-order valence-corrected chi connectivity index (χ4v) is 4.48. The number of carbonyl (C=O) groups excluding carboxylic acids is 1. The van der Waals surface area contributed by atoms with Crippen molar-refractivity contribution < 1.29 is 17.9 Å². The highest BCUT2D eigenvalue weighted by molar-refractivity contribution is 7.89. The predicted octanol–water partition coefficient (Wildman–Crippen LogP) is 3.10. The van der Waals surface area contributed by atoms with Crippen molar-refractivity contribution in [2.75, 3.05) is 20.2 Å². The van der Waals surface area contributed by atoms with Crippen molar-refractivity contribution in [3.63, 3.8) is 0 Å². The summed E-state index contributed by atoms with van der Waals surface area (Å²) in [6.07, 6.45) is 0. The van der Waals surface area contributed by atoms with E-state index in [-0.39, 0.29) is 10.8 Å². The number of amides is 1. The molecule has 0 heterocycles. The van der Waals surface area contributed by atoms with Crippen LogP contribution in [-0.4, -0.2) is 38.8 Å². The zero-order valence-electron chi connectivity index (χ0n) is 16.9. The molecule has 28 heavy (non-hydrogen) atoms. The number of benzene rings is 2. The van der Waals surface area contributed by atoms with E-state index in [1.54, 1.807) is 40.0 Å². The van der Waals surface area contributed by atoms with Gasteiger partial charge in [0.05, 0.1) is 11.5 Å². The number of ether oxygens (including phenoxy) is 1. The fourth-order valence-electron chi connectivity index (χ4n) is 2.99. The first-order valence-electron chi connectivity index (χ1n) is 9.29. The minimum Gasteiger partial charge on any atom is -0.380 e. The summed E-state index contributed by atoms with van der Waals surface area (Å²) >= 11 is 0. The molecule has 2 aromatic carbocycles. The number of sulfonamides is 1. The molecule has 0 fully saturated rings. The summed E-state index contributed by atoms with van der Waals surface area (Å²) in [5, 5.41) is 2.87. The van der Waals surface area contributed by atoms with Crippen LogP contribution in [0.1, 0.15) is 40.9 Å². The Bertz CT molecular complexity index is 922. The Balaban J connectivity index is 2.20. The van der Waals surface area contributed by atoms with Gasteiger partial charge in [-0.3, -0.25) is 4.79 Å². The van der Waals surface area contributed by atoms with Crippen LogP contribution in [0.4, 0.5) is 0 Å². The van der Waals surface area contributed by atoms with E-state index < -0.39 is 10.0 Å². The van der Waals surface area contributed by atoms with Gasteiger partial charge in [0.15, 0.2) is 0 Å². The number of nitrogens with zero attached hydrogens (tertiary/aromatic N) is 1. The highest BCUT2D eigenvalue weighted by Gasteiger charge is 2.23. The summed E-state index contributed by atoms with van der Waals surface area (Å²) in [4.78, 5) is 12.8. The summed E-state index contributed by atoms with van der Waals surface area (Å²) in [5.41, 5.74) is 3.07. The third-order valence-electron chi connectivity index (χ3n) is 4.55. The molecule has 0 aromatic heterocycles. The van der Waals surface area contributed by atoms with Gasteiger partial charge >= 0.3 is 0 Å². The second-order valence-corrected chi connectivity index (χ2v) is 8.44. The molecule has 0 aliphatic carbocycles. The molecule has 0 radical (unpaired) electrons. The molecular weight excluding hydrogens is 376 g/mol. The molecule has 0 spiro atoms. The van der Waals surface area contributed by atoms with E-state index >= 15 is 0 Å². The lowest BCUT2D eigenvalue weighted by Gasteiger charge is -2.19. The average molecular weight is 405 g/mol. The maximum Gasteiger partial charge on any atom is 0.251 e. The van der Waals surface area contributed by atoms with Crippen molar-refractivity contribution in [1.29, 1.82) is 0 Å². The van der Waals surface area contributed by atoms with Crippen LogP contribution in [0, 0.1) is 6.92 Å². The molecule has 0 unspecified atom stereocenters. The number of hydrogen-bond donors (Lipinski definition) is 1. The number of carbonyl (C=O) groups is 1. The fraction of sp³-hybridized carbons (Fsp3) is 0.381. The van der Waals surface area contributed by atoms with Gasteiger partial charge in [-0.2, -0.15) is 4.31 Å². The molecule has 7 heteroatoms. The van der Waals surface area contributed by atoms with E-state index in [0.717, 1.165) is 16.7 Å². The number of rotatable bonds is 9. The summed E-state index contributed by atoms with van der Waals surface area (Å²) in [6.45, 7) is 7.00. The van der Waals surface area contributed by atoms with Gasteiger partial charge in [-0.05, 0) is 35.7 Å². The Hall–Kier alpha value is -2.22. The Morgan fingerprint density at radius 1 is 1.07 bits per heavy atom. The first kappa shape index (κ1) is 22.1. The second kappa shape index (κ2) is 9.82. The van der Waals surface area contributed by atoms with E-state index in [4.69, 9.17) is 4.74 Å². The van der Waals surface area contributed by atoms with Crippen molar-refractivity contribution >= 4 is 15.9 Å². The maximum absolute atomic E-state index is 12.7. The Kier molecular flexibility index (Phi) is 7.74. The van der Waals surface area contributed by atoms with Gasteiger partial charge in [0.2, 0.25) is 10.0 Å². The summed E-state index contributed by atoms with van der Waals surface area (Å²) in [5.74, 6) is -0.300. The molecule has 0 bridgehead atoms. The normalized spacial score (nSPS) is 11.6. The van der Waals surface area contributed by atoms with Crippen LogP contribution in [0.15, 0.2) is 47.4 Å². The van der Waals surface area contributed by atoms with Gasteiger partial charge in [-0.15, -0.1) is 0 Å². The molecule has 6 nitrogen and oxygen atoms in total. The molecule has 0 aliphatic rings. The molecular formula is C21H28N2O4S. The molecule has 1 amide bonds. The largest absolute Gasteiger partial charge is 0.380 e. The molecule has 0 atom stereocenters. The predicted molar refractivity (Wildman–Crippen MR) is 110 cm³/mol. The standard InChI is InChI=1S/C21H28N2O4S/c1-5-23(6-2)28(25,26)19-11-10-16(3)20(13-19)21(24)22-14-17-8-7-9-18(12-17)15-27-4/h7-13H,5-6,14-15H2,1-4H3,(H,22,24). The number of aryl methyl sites for hydroxylation is 1. The van der Waals surface area contributed by atoms with E-state index in [0.29, 0.717) is 31.8 Å². The molecule has 2 aromatic rings. The van der Waals surface area contributed by atoms with Crippen LogP contribution in [0.5, 0.6) is 0 Å². The highest BCUT2D eigenvalue weighted by Crippen LogP contribution is 2.20. The lowest BCUT2D eigenvalue weighted by molar-refractivity contribution is 0.0950. The van der Waals surface area contributed by atoms with Gasteiger partial charge in [0.25, 0.3) is 5.91 Å². The Morgan fingerprint density at radius 2 is 1.75 bits per heavy atom. The monoisotopic (exact) mass is 404 g/mol. The molecule has 152 valence electrons. The lowest BCUT2D eigenvalue weighted by Crippen LogP contribution is -2.31. The minimum absolute atomic E-state index is 0.133. The number of methoxy groups -OCH3 is 1. The first-order chi connectivity index (χ1) is 13.3. The van der Waals surface area contributed by atoms with Crippen LogP contribution < -0.4 is 5.32 Å². The lowest BCUT2D eigenvalue weighted by atomic mass is 10.1. The van der Waals surface area contributed by atoms with Crippen molar-refractivity contribution in [3.05, 3.63) is 64.7 Å². The summed E-state index contributed by atoms with van der Waals surface area (Å²) in [7, 11) is -1.98.